The lowest BCUT2D eigenvalue weighted by Gasteiger charge is -2.21. The highest BCUT2D eigenvalue weighted by molar-refractivity contribution is 5.75. The second kappa shape index (κ2) is 18.5. The summed E-state index contributed by atoms with van der Waals surface area (Å²) in [6.07, 6.45) is 15.6. The van der Waals surface area contributed by atoms with Gasteiger partial charge in [0.1, 0.15) is 0 Å². The Hall–Kier alpha value is -0.870. The molecule has 0 rings (SSSR count). The van der Waals surface area contributed by atoms with E-state index < -0.39 is 0 Å². The summed E-state index contributed by atoms with van der Waals surface area (Å²) >= 11 is 0. The van der Waals surface area contributed by atoms with Crippen LogP contribution in [0.1, 0.15) is 78.1 Å². The lowest BCUT2D eigenvalue weighted by molar-refractivity contribution is -0.121. The number of allylic oxidation sites excluding steroid dienone is 2. The molecule has 0 aliphatic heterocycles. The van der Waals surface area contributed by atoms with Crippen molar-refractivity contribution in [2.24, 2.45) is 0 Å². The molecule has 0 radical (unpaired) electrons. The lowest BCUT2D eigenvalue weighted by Crippen LogP contribution is -2.36. The van der Waals surface area contributed by atoms with E-state index in [2.05, 4.69) is 36.2 Å². The van der Waals surface area contributed by atoms with Crippen LogP contribution in [0.5, 0.6) is 0 Å². The van der Waals surface area contributed by atoms with E-state index in [1.54, 1.807) is 0 Å². The van der Waals surface area contributed by atoms with Crippen molar-refractivity contribution in [3.63, 3.8) is 0 Å². The number of amides is 1. The third-order valence-corrected chi connectivity index (χ3v) is 4.17. The minimum Gasteiger partial charge on any atom is -0.395 e. The number of nitrogens with one attached hydrogen (secondary N) is 1. The molecular weight excluding hydrogens is 300 g/mol. The second-order valence-corrected chi connectivity index (χ2v) is 6.45. The van der Waals surface area contributed by atoms with Crippen LogP contribution in [0.15, 0.2) is 12.2 Å². The topological polar surface area (TPSA) is 52.6 Å². The molecule has 0 aliphatic carbocycles. The van der Waals surface area contributed by atoms with E-state index in [0.717, 1.165) is 45.2 Å². The Morgan fingerprint density at radius 1 is 0.958 bits per heavy atom. The molecule has 142 valence electrons. The number of aliphatic hydroxyl groups is 1. The fourth-order valence-electron chi connectivity index (χ4n) is 2.69. The Morgan fingerprint density at radius 2 is 1.75 bits per heavy atom. The fourth-order valence-corrected chi connectivity index (χ4v) is 2.69. The average Bonchev–Trinajstić information content (AvgIpc) is 2.57. The zero-order valence-corrected chi connectivity index (χ0v) is 16.1. The van der Waals surface area contributed by atoms with Crippen molar-refractivity contribution >= 4 is 5.91 Å². The summed E-state index contributed by atoms with van der Waals surface area (Å²) in [6.45, 7) is 7.73. The van der Waals surface area contributed by atoms with Gasteiger partial charge in [-0.2, -0.15) is 0 Å². The number of aliphatic hydroxyl groups excluding tert-OH is 1. The van der Waals surface area contributed by atoms with Crippen LogP contribution in [0.4, 0.5) is 0 Å². The summed E-state index contributed by atoms with van der Waals surface area (Å²) in [5.41, 5.74) is 0. The molecule has 4 heteroatoms. The zero-order valence-electron chi connectivity index (χ0n) is 16.1. The van der Waals surface area contributed by atoms with Gasteiger partial charge in [0.25, 0.3) is 0 Å². The molecule has 0 aromatic rings. The predicted octanol–water partition coefficient (Wildman–Crippen LogP) is 3.89. The van der Waals surface area contributed by atoms with Crippen LogP contribution >= 0.6 is 0 Å². The van der Waals surface area contributed by atoms with Crippen molar-refractivity contribution in [3.05, 3.63) is 12.2 Å². The van der Waals surface area contributed by atoms with Gasteiger partial charge in [-0.05, 0) is 38.6 Å². The zero-order chi connectivity index (χ0) is 17.9. The van der Waals surface area contributed by atoms with E-state index in [4.69, 9.17) is 5.11 Å². The number of carbonyl (C=O) groups is 1. The van der Waals surface area contributed by atoms with E-state index in [0.29, 0.717) is 19.5 Å². The maximum atomic E-state index is 11.8. The second-order valence-electron chi connectivity index (χ2n) is 6.45. The van der Waals surface area contributed by atoms with Crippen LogP contribution in [0, 0.1) is 0 Å². The molecule has 0 atom stereocenters. The highest BCUT2D eigenvalue weighted by atomic mass is 16.3. The van der Waals surface area contributed by atoms with Crippen LogP contribution in [0.25, 0.3) is 0 Å². The summed E-state index contributed by atoms with van der Waals surface area (Å²) in [4.78, 5) is 14.0. The minimum absolute atomic E-state index is 0.167. The normalized spacial score (nSPS) is 11.5. The highest BCUT2D eigenvalue weighted by Crippen LogP contribution is 2.04. The fraction of sp³-hybridized carbons (Fsp3) is 0.850. The van der Waals surface area contributed by atoms with Gasteiger partial charge >= 0.3 is 0 Å². The van der Waals surface area contributed by atoms with Crippen LogP contribution in [-0.2, 0) is 4.79 Å². The standard InChI is InChI=1S/C20H40N2O2/c1-3-5-7-9-11-13-16-22(18-19-23)17-15-21-20(24)14-12-10-8-6-4-2/h5,7,23H,3-4,6,8-19H2,1-2H3,(H,21,24)/b7-5+. The average molecular weight is 341 g/mol. The monoisotopic (exact) mass is 340 g/mol. The predicted molar refractivity (Wildman–Crippen MR) is 103 cm³/mol. The van der Waals surface area contributed by atoms with Gasteiger partial charge in [-0.1, -0.05) is 51.7 Å². The first-order chi connectivity index (χ1) is 11.7. The molecule has 0 saturated carbocycles. The number of nitrogens with zero attached hydrogens (tertiary/aromatic N) is 1. The van der Waals surface area contributed by atoms with E-state index in [9.17, 15) is 4.79 Å². The molecule has 4 nitrogen and oxygen atoms in total. The van der Waals surface area contributed by atoms with Crippen molar-refractivity contribution in [1.82, 2.24) is 10.2 Å². The SMILES string of the molecule is CC/C=C/CCCCN(CCO)CCNC(=O)CCCCCCC. The summed E-state index contributed by atoms with van der Waals surface area (Å²) in [5, 5.41) is 12.2. The minimum atomic E-state index is 0.167. The molecule has 0 aromatic heterocycles. The van der Waals surface area contributed by atoms with Crippen molar-refractivity contribution in [2.45, 2.75) is 78.1 Å². The Morgan fingerprint density at radius 3 is 2.46 bits per heavy atom. The molecule has 0 aliphatic rings. The number of hydrogen-bond donors (Lipinski definition) is 2. The van der Waals surface area contributed by atoms with Crippen molar-refractivity contribution in [3.8, 4) is 0 Å². The van der Waals surface area contributed by atoms with Crippen LogP contribution < -0.4 is 5.32 Å². The first-order valence-corrected chi connectivity index (χ1v) is 9.99. The molecular formula is C20H40N2O2. The Bertz CT molecular complexity index is 306. The first kappa shape index (κ1) is 23.1. The van der Waals surface area contributed by atoms with Crippen molar-refractivity contribution < 1.29 is 9.90 Å². The molecule has 24 heavy (non-hydrogen) atoms. The van der Waals surface area contributed by atoms with Crippen LogP contribution in [0.3, 0.4) is 0 Å². The van der Waals surface area contributed by atoms with Crippen molar-refractivity contribution in [1.29, 1.82) is 0 Å². The largest absolute Gasteiger partial charge is 0.395 e. The first-order valence-electron chi connectivity index (χ1n) is 9.99. The third-order valence-electron chi connectivity index (χ3n) is 4.17. The van der Waals surface area contributed by atoms with Crippen LogP contribution in [0.2, 0.25) is 0 Å². The van der Waals surface area contributed by atoms with Gasteiger partial charge < -0.3 is 10.4 Å². The van der Waals surface area contributed by atoms with Crippen molar-refractivity contribution in [2.75, 3.05) is 32.8 Å². The molecule has 2 N–H and O–H groups in total. The smallest absolute Gasteiger partial charge is 0.220 e. The molecule has 0 unspecified atom stereocenters. The summed E-state index contributed by atoms with van der Waals surface area (Å²) < 4.78 is 0. The number of unbranched alkanes of at least 4 members (excludes halogenated alkanes) is 6. The van der Waals surface area contributed by atoms with E-state index in [1.165, 1.54) is 25.7 Å². The Labute approximate surface area is 149 Å². The van der Waals surface area contributed by atoms with Gasteiger partial charge in [-0.25, -0.2) is 0 Å². The van der Waals surface area contributed by atoms with Gasteiger partial charge in [0.2, 0.25) is 5.91 Å². The van der Waals surface area contributed by atoms with Crippen LogP contribution in [-0.4, -0.2) is 48.7 Å². The number of rotatable bonds is 17. The maximum Gasteiger partial charge on any atom is 0.220 e. The molecule has 0 saturated heterocycles. The summed E-state index contributed by atoms with van der Waals surface area (Å²) in [5.74, 6) is 0.167. The molecule has 0 bridgehead atoms. The maximum absolute atomic E-state index is 11.8. The number of carbonyl (C=O) groups excluding carboxylic acids is 1. The molecule has 1 amide bonds. The molecule has 0 fully saturated rings. The Kier molecular flexibility index (Phi) is 17.8. The van der Waals surface area contributed by atoms with E-state index in [-0.39, 0.29) is 12.5 Å². The third kappa shape index (κ3) is 16.0. The van der Waals surface area contributed by atoms with E-state index >= 15 is 0 Å². The van der Waals surface area contributed by atoms with Gasteiger partial charge in [-0.3, -0.25) is 9.69 Å². The molecule has 0 heterocycles. The van der Waals surface area contributed by atoms with Gasteiger partial charge in [0, 0.05) is 26.1 Å². The lowest BCUT2D eigenvalue weighted by atomic mass is 10.1. The number of hydrogen-bond acceptors (Lipinski definition) is 3. The summed E-state index contributed by atoms with van der Waals surface area (Å²) in [7, 11) is 0. The quantitative estimate of drug-likeness (QED) is 0.312. The van der Waals surface area contributed by atoms with Gasteiger partial charge in [-0.15, -0.1) is 0 Å². The highest BCUT2D eigenvalue weighted by Gasteiger charge is 2.05. The van der Waals surface area contributed by atoms with Gasteiger partial charge in [0.15, 0.2) is 0 Å². The molecule has 0 spiro atoms. The Balaban J connectivity index is 3.68. The van der Waals surface area contributed by atoms with E-state index in [1.807, 2.05) is 0 Å². The molecule has 0 aromatic carbocycles. The van der Waals surface area contributed by atoms with Gasteiger partial charge in [0.05, 0.1) is 6.61 Å². The summed E-state index contributed by atoms with van der Waals surface area (Å²) in [6, 6.07) is 0.